The van der Waals surface area contributed by atoms with Gasteiger partial charge in [0.25, 0.3) is 0 Å². The highest BCUT2D eigenvalue weighted by Crippen LogP contribution is 2.60. The molecule has 1 aromatic carbocycles. The zero-order chi connectivity index (χ0) is 14.2. The zero-order valence-corrected chi connectivity index (χ0v) is 12.7. The summed E-state index contributed by atoms with van der Waals surface area (Å²) in [4.78, 5) is 0. The van der Waals surface area contributed by atoms with Gasteiger partial charge in [0, 0.05) is 12.6 Å². The number of nitrogens with one attached hydrogen (secondary N) is 1. The van der Waals surface area contributed by atoms with E-state index in [9.17, 15) is 0 Å². The van der Waals surface area contributed by atoms with Gasteiger partial charge in [-0.05, 0) is 61.6 Å². The summed E-state index contributed by atoms with van der Waals surface area (Å²) in [5, 5.41) is 3.72. The van der Waals surface area contributed by atoms with Crippen LogP contribution in [0, 0.1) is 11.3 Å². The second-order valence-electron chi connectivity index (χ2n) is 6.35. The standard InChI is InChI=1S/C17H25NO2/c1-12(18-11-17(8-9-17)14-5-6-14)13-4-7-15(19-2)16(10-13)20-3/h4,7,10,12,14,18H,5-6,8-9,11H2,1-3H3. The first-order valence-electron chi connectivity index (χ1n) is 7.64. The van der Waals surface area contributed by atoms with Gasteiger partial charge in [-0.1, -0.05) is 6.07 Å². The molecule has 0 radical (unpaired) electrons. The van der Waals surface area contributed by atoms with Crippen molar-refractivity contribution in [3.63, 3.8) is 0 Å². The highest BCUT2D eigenvalue weighted by molar-refractivity contribution is 5.43. The lowest BCUT2D eigenvalue weighted by Crippen LogP contribution is -2.28. The van der Waals surface area contributed by atoms with E-state index in [0.717, 1.165) is 24.0 Å². The summed E-state index contributed by atoms with van der Waals surface area (Å²) in [5.41, 5.74) is 1.90. The van der Waals surface area contributed by atoms with Crippen LogP contribution >= 0.6 is 0 Å². The molecule has 2 aliphatic carbocycles. The molecule has 0 amide bonds. The van der Waals surface area contributed by atoms with Crippen LogP contribution in [0.15, 0.2) is 18.2 Å². The maximum atomic E-state index is 5.38. The van der Waals surface area contributed by atoms with Gasteiger partial charge >= 0.3 is 0 Å². The summed E-state index contributed by atoms with van der Waals surface area (Å²) < 4.78 is 10.7. The Bertz CT molecular complexity index is 478. The van der Waals surface area contributed by atoms with Crippen molar-refractivity contribution in [2.24, 2.45) is 11.3 Å². The van der Waals surface area contributed by atoms with Gasteiger partial charge in [-0.2, -0.15) is 0 Å². The van der Waals surface area contributed by atoms with E-state index >= 15 is 0 Å². The van der Waals surface area contributed by atoms with Crippen molar-refractivity contribution in [1.29, 1.82) is 0 Å². The Morgan fingerprint density at radius 2 is 1.90 bits per heavy atom. The lowest BCUT2D eigenvalue weighted by molar-refractivity contribution is 0.352. The fourth-order valence-corrected chi connectivity index (χ4v) is 3.18. The van der Waals surface area contributed by atoms with Gasteiger partial charge in [-0.15, -0.1) is 0 Å². The van der Waals surface area contributed by atoms with Crippen molar-refractivity contribution in [3.05, 3.63) is 23.8 Å². The summed E-state index contributed by atoms with van der Waals surface area (Å²) in [7, 11) is 3.36. The second kappa shape index (κ2) is 5.28. The molecule has 110 valence electrons. The third kappa shape index (κ3) is 2.64. The van der Waals surface area contributed by atoms with Crippen LogP contribution in [0.1, 0.15) is 44.2 Å². The number of rotatable bonds is 7. The van der Waals surface area contributed by atoms with Crippen LogP contribution in [-0.4, -0.2) is 20.8 Å². The van der Waals surface area contributed by atoms with Crippen molar-refractivity contribution in [2.45, 2.75) is 38.6 Å². The summed E-state index contributed by atoms with van der Waals surface area (Å²) in [6, 6.07) is 6.54. The quantitative estimate of drug-likeness (QED) is 0.825. The van der Waals surface area contributed by atoms with Gasteiger partial charge in [0.15, 0.2) is 11.5 Å². The zero-order valence-electron chi connectivity index (χ0n) is 12.7. The molecule has 0 aromatic heterocycles. The number of hydrogen-bond donors (Lipinski definition) is 1. The molecule has 3 heteroatoms. The van der Waals surface area contributed by atoms with Crippen molar-refractivity contribution in [2.75, 3.05) is 20.8 Å². The molecule has 0 saturated heterocycles. The van der Waals surface area contributed by atoms with Crippen molar-refractivity contribution in [1.82, 2.24) is 5.32 Å². The highest BCUT2D eigenvalue weighted by Gasteiger charge is 2.53. The van der Waals surface area contributed by atoms with Gasteiger partial charge in [-0.3, -0.25) is 0 Å². The molecule has 1 N–H and O–H groups in total. The predicted molar refractivity (Wildman–Crippen MR) is 80.4 cm³/mol. The summed E-state index contributed by atoms with van der Waals surface area (Å²) in [5.74, 6) is 2.61. The van der Waals surface area contributed by atoms with Gasteiger partial charge in [0.05, 0.1) is 14.2 Å². The lowest BCUT2D eigenvalue weighted by atomic mass is 9.99. The van der Waals surface area contributed by atoms with Gasteiger partial charge in [0.1, 0.15) is 0 Å². The van der Waals surface area contributed by atoms with Gasteiger partial charge < -0.3 is 14.8 Å². The Morgan fingerprint density at radius 3 is 2.45 bits per heavy atom. The van der Waals surface area contributed by atoms with E-state index in [1.165, 1.54) is 31.2 Å². The molecular weight excluding hydrogens is 250 g/mol. The first-order valence-corrected chi connectivity index (χ1v) is 7.64. The van der Waals surface area contributed by atoms with E-state index in [-0.39, 0.29) is 0 Å². The minimum atomic E-state index is 0.353. The first kappa shape index (κ1) is 13.7. The molecule has 2 saturated carbocycles. The Kier molecular flexibility index (Phi) is 3.63. The number of methoxy groups -OCH3 is 2. The molecule has 1 atom stereocenters. The maximum absolute atomic E-state index is 5.38. The topological polar surface area (TPSA) is 30.5 Å². The third-order valence-corrected chi connectivity index (χ3v) is 5.00. The van der Waals surface area contributed by atoms with E-state index in [1.807, 2.05) is 6.07 Å². The molecular formula is C17H25NO2. The van der Waals surface area contributed by atoms with Crippen LogP contribution in [0.2, 0.25) is 0 Å². The predicted octanol–water partition coefficient (Wildman–Crippen LogP) is 3.54. The van der Waals surface area contributed by atoms with Crippen LogP contribution in [0.5, 0.6) is 11.5 Å². The molecule has 2 aliphatic rings. The normalized spacial score (nSPS) is 21.4. The van der Waals surface area contributed by atoms with Crippen molar-refractivity contribution < 1.29 is 9.47 Å². The van der Waals surface area contributed by atoms with Crippen molar-refractivity contribution in [3.8, 4) is 11.5 Å². The molecule has 1 aromatic rings. The molecule has 1 unspecified atom stereocenters. The average Bonchev–Trinajstić information content (AvgIpc) is 3.36. The number of benzene rings is 1. The number of ether oxygens (including phenoxy) is 2. The minimum Gasteiger partial charge on any atom is -0.493 e. The molecule has 3 rings (SSSR count). The minimum absolute atomic E-state index is 0.353. The Morgan fingerprint density at radius 1 is 1.20 bits per heavy atom. The Hall–Kier alpha value is -1.22. The average molecular weight is 275 g/mol. The molecule has 3 nitrogen and oxygen atoms in total. The van der Waals surface area contributed by atoms with Crippen LogP contribution in [-0.2, 0) is 0 Å². The Balaban J connectivity index is 1.63. The Labute approximate surface area is 121 Å². The molecule has 20 heavy (non-hydrogen) atoms. The fraction of sp³-hybridized carbons (Fsp3) is 0.647. The highest BCUT2D eigenvalue weighted by atomic mass is 16.5. The van der Waals surface area contributed by atoms with Crippen LogP contribution in [0.4, 0.5) is 0 Å². The van der Waals surface area contributed by atoms with Crippen LogP contribution in [0.25, 0.3) is 0 Å². The lowest BCUT2D eigenvalue weighted by Gasteiger charge is -2.21. The summed E-state index contributed by atoms with van der Waals surface area (Å²) in [6.45, 7) is 3.39. The molecule has 0 spiro atoms. The maximum Gasteiger partial charge on any atom is 0.161 e. The molecule has 0 bridgehead atoms. The SMILES string of the molecule is COc1ccc(C(C)NCC2(C3CC3)CC2)cc1OC. The van der Waals surface area contributed by atoms with E-state index < -0.39 is 0 Å². The van der Waals surface area contributed by atoms with E-state index in [4.69, 9.17) is 9.47 Å². The van der Waals surface area contributed by atoms with Crippen molar-refractivity contribution >= 4 is 0 Å². The third-order valence-electron chi connectivity index (χ3n) is 5.00. The second-order valence-corrected chi connectivity index (χ2v) is 6.35. The molecule has 0 aliphatic heterocycles. The van der Waals surface area contributed by atoms with E-state index in [0.29, 0.717) is 11.5 Å². The largest absolute Gasteiger partial charge is 0.493 e. The smallest absolute Gasteiger partial charge is 0.161 e. The molecule has 0 heterocycles. The fourth-order valence-electron chi connectivity index (χ4n) is 3.18. The molecule has 2 fully saturated rings. The van der Waals surface area contributed by atoms with Crippen LogP contribution in [0.3, 0.4) is 0 Å². The first-order chi connectivity index (χ1) is 9.68. The van der Waals surface area contributed by atoms with Gasteiger partial charge in [0.2, 0.25) is 0 Å². The number of hydrogen-bond acceptors (Lipinski definition) is 3. The van der Waals surface area contributed by atoms with Gasteiger partial charge in [-0.25, -0.2) is 0 Å². The summed E-state index contributed by atoms with van der Waals surface area (Å²) >= 11 is 0. The van der Waals surface area contributed by atoms with Crippen LogP contribution < -0.4 is 14.8 Å². The van der Waals surface area contributed by atoms with E-state index in [1.54, 1.807) is 14.2 Å². The summed E-state index contributed by atoms with van der Waals surface area (Å²) in [6.07, 6.45) is 5.74. The monoisotopic (exact) mass is 275 g/mol. The van der Waals surface area contributed by atoms with E-state index in [2.05, 4.69) is 24.4 Å².